The number of carbonyl (C=O) groups is 2. The maximum absolute atomic E-state index is 12.0. The SMILES string of the molecule is CN(C)C(=O)CN(C)C(=O)C(Cl)c1ccccc1. The van der Waals surface area contributed by atoms with Gasteiger partial charge in [-0.1, -0.05) is 30.3 Å². The summed E-state index contributed by atoms with van der Waals surface area (Å²) in [6, 6.07) is 9.08. The summed E-state index contributed by atoms with van der Waals surface area (Å²) >= 11 is 6.10. The van der Waals surface area contributed by atoms with E-state index in [1.807, 2.05) is 18.2 Å². The molecule has 98 valence electrons. The molecule has 1 aromatic rings. The number of halogens is 1. The molecule has 0 bridgehead atoms. The first-order chi connectivity index (χ1) is 8.43. The van der Waals surface area contributed by atoms with Crippen molar-refractivity contribution >= 4 is 23.4 Å². The highest BCUT2D eigenvalue weighted by Gasteiger charge is 2.23. The zero-order valence-electron chi connectivity index (χ0n) is 10.8. The summed E-state index contributed by atoms with van der Waals surface area (Å²) in [6.45, 7) is 0.0296. The summed E-state index contributed by atoms with van der Waals surface area (Å²) in [4.78, 5) is 26.3. The Kier molecular flexibility index (Phi) is 5.16. The van der Waals surface area contributed by atoms with Crippen molar-refractivity contribution in [1.82, 2.24) is 9.80 Å². The quantitative estimate of drug-likeness (QED) is 0.777. The second kappa shape index (κ2) is 6.40. The van der Waals surface area contributed by atoms with E-state index in [2.05, 4.69) is 0 Å². The minimum atomic E-state index is -0.758. The van der Waals surface area contributed by atoms with Crippen LogP contribution in [0.5, 0.6) is 0 Å². The van der Waals surface area contributed by atoms with Crippen LogP contribution in [0.15, 0.2) is 30.3 Å². The van der Waals surface area contributed by atoms with Crippen LogP contribution in [0, 0.1) is 0 Å². The lowest BCUT2D eigenvalue weighted by Gasteiger charge is -2.21. The van der Waals surface area contributed by atoms with Gasteiger partial charge in [-0.3, -0.25) is 9.59 Å². The summed E-state index contributed by atoms with van der Waals surface area (Å²) in [6.07, 6.45) is 0. The van der Waals surface area contributed by atoms with Crippen molar-refractivity contribution in [2.45, 2.75) is 5.38 Å². The summed E-state index contributed by atoms with van der Waals surface area (Å²) in [5, 5.41) is -0.758. The third-order valence-electron chi connectivity index (χ3n) is 2.56. The van der Waals surface area contributed by atoms with Gasteiger partial charge in [0.25, 0.3) is 0 Å². The van der Waals surface area contributed by atoms with Gasteiger partial charge in [0.05, 0.1) is 6.54 Å². The van der Waals surface area contributed by atoms with Gasteiger partial charge in [0.15, 0.2) is 0 Å². The fourth-order valence-corrected chi connectivity index (χ4v) is 1.69. The van der Waals surface area contributed by atoms with E-state index in [4.69, 9.17) is 11.6 Å². The molecule has 0 aliphatic heterocycles. The number of nitrogens with zero attached hydrogens (tertiary/aromatic N) is 2. The molecule has 1 atom stereocenters. The lowest BCUT2D eigenvalue weighted by atomic mass is 10.1. The topological polar surface area (TPSA) is 40.6 Å². The van der Waals surface area contributed by atoms with Crippen LogP contribution in [-0.4, -0.2) is 49.3 Å². The Bertz CT molecular complexity index is 420. The Morgan fingerprint density at radius 3 is 2.22 bits per heavy atom. The Labute approximate surface area is 112 Å². The molecule has 2 amide bonds. The first-order valence-electron chi connectivity index (χ1n) is 5.57. The fraction of sp³-hybridized carbons (Fsp3) is 0.385. The molecule has 18 heavy (non-hydrogen) atoms. The molecule has 0 saturated heterocycles. The van der Waals surface area contributed by atoms with E-state index in [0.29, 0.717) is 0 Å². The molecule has 0 spiro atoms. The number of carbonyl (C=O) groups excluding carboxylic acids is 2. The highest BCUT2D eigenvalue weighted by molar-refractivity contribution is 6.30. The molecule has 0 radical (unpaired) electrons. The molecule has 0 N–H and O–H groups in total. The molecule has 0 aliphatic carbocycles. The van der Waals surface area contributed by atoms with Crippen molar-refractivity contribution in [3.63, 3.8) is 0 Å². The van der Waals surface area contributed by atoms with Gasteiger partial charge in [-0.2, -0.15) is 0 Å². The molecule has 1 unspecified atom stereocenters. The zero-order valence-corrected chi connectivity index (χ0v) is 11.5. The van der Waals surface area contributed by atoms with Gasteiger partial charge in [-0.25, -0.2) is 0 Å². The fourth-order valence-electron chi connectivity index (χ4n) is 1.38. The number of rotatable bonds is 4. The predicted molar refractivity (Wildman–Crippen MR) is 71.4 cm³/mol. The summed E-state index contributed by atoms with van der Waals surface area (Å²) < 4.78 is 0. The van der Waals surface area contributed by atoms with Crippen LogP contribution >= 0.6 is 11.6 Å². The second-order valence-electron chi connectivity index (χ2n) is 4.26. The molecule has 0 heterocycles. The van der Waals surface area contributed by atoms with Gasteiger partial charge >= 0.3 is 0 Å². The van der Waals surface area contributed by atoms with E-state index >= 15 is 0 Å². The van der Waals surface area contributed by atoms with Gasteiger partial charge in [-0.05, 0) is 5.56 Å². The maximum Gasteiger partial charge on any atom is 0.245 e. The summed E-state index contributed by atoms with van der Waals surface area (Å²) in [5.74, 6) is -0.416. The van der Waals surface area contributed by atoms with Gasteiger partial charge in [0.2, 0.25) is 11.8 Å². The highest BCUT2D eigenvalue weighted by atomic mass is 35.5. The van der Waals surface area contributed by atoms with Crippen LogP contribution in [0.1, 0.15) is 10.9 Å². The number of alkyl halides is 1. The zero-order chi connectivity index (χ0) is 13.7. The molecule has 0 saturated carbocycles. The molecule has 0 aliphatic rings. The second-order valence-corrected chi connectivity index (χ2v) is 4.69. The van der Waals surface area contributed by atoms with Crippen LogP contribution in [0.25, 0.3) is 0 Å². The van der Waals surface area contributed by atoms with Crippen LogP contribution in [0.2, 0.25) is 0 Å². The van der Waals surface area contributed by atoms with E-state index in [1.54, 1.807) is 33.3 Å². The van der Waals surface area contributed by atoms with Crippen LogP contribution in [0.3, 0.4) is 0 Å². The minimum absolute atomic E-state index is 0.0296. The Hall–Kier alpha value is -1.55. The third kappa shape index (κ3) is 3.74. The minimum Gasteiger partial charge on any atom is -0.347 e. The Morgan fingerprint density at radius 1 is 1.17 bits per heavy atom. The van der Waals surface area contributed by atoms with E-state index in [-0.39, 0.29) is 18.4 Å². The van der Waals surface area contributed by atoms with Crippen molar-refractivity contribution in [3.8, 4) is 0 Å². The van der Waals surface area contributed by atoms with E-state index in [0.717, 1.165) is 5.56 Å². The molecule has 1 aromatic carbocycles. The predicted octanol–water partition coefficient (Wildman–Crippen LogP) is 1.51. The lowest BCUT2D eigenvalue weighted by Crippen LogP contribution is -2.39. The van der Waals surface area contributed by atoms with Crippen molar-refractivity contribution in [2.24, 2.45) is 0 Å². The van der Waals surface area contributed by atoms with Gasteiger partial charge in [0, 0.05) is 21.1 Å². The van der Waals surface area contributed by atoms with Crippen molar-refractivity contribution in [1.29, 1.82) is 0 Å². The van der Waals surface area contributed by atoms with Gasteiger partial charge in [0.1, 0.15) is 5.38 Å². The van der Waals surface area contributed by atoms with Crippen molar-refractivity contribution in [3.05, 3.63) is 35.9 Å². The summed E-state index contributed by atoms with van der Waals surface area (Å²) in [5.41, 5.74) is 0.730. The number of hydrogen-bond acceptors (Lipinski definition) is 2. The van der Waals surface area contributed by atoms with Gasteiger partial charge < -0.3 is 9.80 Å². The highest BCUT2D eigenvalue weighted by Crippen LogP contribution is 2.21. The van der Waals surface area contributed by atoms with E-state index in [9.17, 15) is 9.59 Å². The molecular formula is C13H17ClN2O2. The smallest absolute Gasteiger partial charge is 0.245 e. The van der Waals surface area contributed by atoms with E-state index < -0.39 is 5.38 Å². The van der Waals surface area contributed by atoms with Gasteiger partial charge in [-0.15, -0.1) is 11.6 Å². The molecule has 4 nitrogen and oxygen atoms in total. The number of hydrogen-bond donors (Lipinski definition) is 0. The standard InChI is InChI=1S/C13H17ClN2O2/c1-15(2)11(17)9-16(3)13(18)12(14)10-7-5-4-6-8-10/h4-8,12H,9H2,1-3H3. The molecule has 0 aromatic heterocycles. The Morgan fingerprint density at radius 2 is 1.72 bits per heavy atom. The van der Waals surface area contributed by atoms with Crippen LogP contribution in [0.4, 0.5) is 0 Å². The maximum atomic E-state index is 12.0. The first kappa shape index (κ1) is 14.5. The van der Waals surface area contributed by atoms with Crippen molar-refractivity contribution < 1.29 is 9.59 Å². The molecule has 1 rings (SSSR count). The van der Waals surface area contributed by atoms with Crippen LogP contribution < -0.4 is 0 Å². The largest absolute Gasteiger partial charge is 0.347 e. The molecular weight excluding hydrogens is 252 g/mol. The average molecular weight is 269 g/mol. The monoisotopic (exact) mass is 268 g/mol. The van der Waals surface area contributed by atoms with Crippen LogP contribution in [-0.2, 0) is 9.59 Å². The molecule has 5 heteroatoms. The van der Waals surface area contributed by atoms with E-state index in [1.165, 1.54) is 9.80 Å². The molecule has 0 fully saturated rings. The number of likely N-dealkylation sites (N-methyl/N-ethyl adjacent to an activating group) is 2. The summed E-state index contributed by atoms with van der Waals surface area (Å²) in [7, 11) is 4.87. The number of amides is 2. The first-order valence-corrected chi connectivity index (χ1v) is 6.01. The lowest BCUT2D eigenvalue weighted by molar-refractivity contribution is -0.137. The number of benzene rings is 1. The average Bonchev–Trinajstić information content (AvgIpc) is 2.37. The Balaban J connectivity index is 2.67. The normalized spacial score (nSPS) is 11.8. The third-order valence-corrected chi connectivity index (χ3v) is 3.00. The van der Waals surface area contributed by atoms with Crippen molar-refractivity contribution in [2.75, 3.05) is 27.7 Å².